The van der Waals surface area contributed by atoms with Gasteiger partial charge in [0.2, 0.25) is 0 Å². The molecule has 0 unspecified atom stereocenters. The lowest BCUT2D eigenvalue weighted by molar-refractivity contribution is -0.147. The van der Waals surface area contributed by atoms with Gasteiger partial charge in [0, 0.05) is 6.42 Å². The van der Waals surface area contributed by atoms with Crippen LogP contribution in [-0.4, -0.2) is 25.5 Å². The number of esters is 1. The molecule has 4 nitrogen and oxygen atoms in total. The molecule has 1 aromatic rings. The van der Waals surface area contributed by atoms with E-state index >= 15 is 0 Å². The van der Waals surface area contributed by atoms with E-state index in [-0.39, 0.29) is 18.2 Å². The Hall–Kier alpha value is -2.10. The summed E-state index contributed by atoms with van der Waals surface area (Å²) in [6.45, 7) is 5.51. The Labute approximate surface area is 119 Å². The molecule has 0 heterocycles. The Balaban J connectivity index is 2.70. The predicted octanol–water partition coefficient (Wildman–Crippen LogP) is 2.56. The highest BCUT2D eigenvalue weighted by atomic mass is 16.5. The third-order valence-electron chi connectivity index (χ3n) is 2.84. The van der Waals surface area contributed by atoms with Crippen molar-refractivity contribution in [3.8, 4) is 5.75 Å². The molecule has 0 saturated carbocycles. The fourth-order valence-electron chi connectivity index (χ4n) is 1.91. The monoisotopic (exact) mass is 276 g/mol. The zero-order chi connectivity index (χ0) is 15.0. The van der Waals surface area contributed by atoms with E-state index < -0.39 is 5.92 Å². The molecule has 1 rings (SSSR count). The van der Waals surface area contributed by atoms with Crippen molar-refractivity contribution in [2.75, 3.05) is 13.7 Å². The van der Waals surface area contributed by atoms with Crippen molar-refractivity contribution in [3.63, 3.8) is 0 Å². The van der Waals surface area contributed by atoms with Gasteiger partial charge in [0.25, 0.3) is 0 Å². The maximum Gasteiger partial charge on any atom is 0.309 e. The van der Waals surface area contributed by atoms with Gasteiger partial charge in [0.05, 0.1) is 13.0 Å². The van der Waals surface area contributed by atoms with Crippen LogP contribution in [0, 0.1) is 5.92 Å². The molecule has 0 aliphatic carbocycles. The maximum atomic E-state index is 11.6. The molecule has 0 fully saturated rings. The largest absolute Gasteiger partial charge is 0.490 e. The van der Waals surface area contributed by atoms with Crippen molar-refractivity contribution in [2.24, 2.45) is 5.92 Å². The normalized spacial score (nSPS) is 11.5. The van der Waals surface area contributed by atoms with E-state index in [9.17, 15) is 9.59 Å². The Morgan fingerprint density at radius 2 is 1.95 bits per heavy atom. The number of Topliss-reactive ketones (excluding diaryl/α,β-unsaturated/α-hetero) is 1. The first-order valence-electron chi connectivity index (χ1n) is 6.46. The highest BCUT2D eigenvalue weighted by Gasteiger charge is 2.21. The molecular formula is C16H20O4. The Morgan fingerprint density at radius 1 is 1.30 bits per heavy atom. The molecular weight excluding hydrogens is 256 g/mol. The molecule has 0 radical (unpaired) electrons. The van der Waals surface area contributed by atoms with Crippen LogP contribution in [0.2, 0.25) is 0 Å². The smallest absolute Gasteiger partial charge is 0.309 e. The quantitative estimate of drug-likeness (QED) is 0.541. The van der Waals surface area contributed by atoms with E-state index in [2.05, 4.69) is 6.58 Å². The summed E-state index contributed by atoms with van der Waals surface area (Å²) >= 11 is 0. The van der Waals surface area contributed by atoms with Crippen LogP contribution >= 0.6 is 0 Å². The summed E-state index contributed by atoms with van der Waals surface area (Å²) in [5.74, 6) is -0.0641. The van der Waals surface area contributed by atoms with Gasteiger partial charge >= 0.3 is 5.97 Å². The fourth-order valence-corrected chi connectivity index (χ4v) is 1.91. The molecule has 20 heavy (non-hydrogen) atoms. The second-order valence-electron chi connectivity index (χ2n) is 4.57. The van der Waals surface area contributed by atoms with Crippen LogP contribution in [0.15, 0.2) is 36.9 Å². The standard InChI is InChI=1S/C16H20O4/c1-4-9-20-15-7-5-13(6-8-15)11-14(10-12(2)17)16(18)19-3/h4-8,14H,1,9-11H2,2-3H3/t14-/m1/s1. The molecule has 1 atom stereocenters. The third kappa shape index (κ3) is 5.26. The molecule has 0 N–H and O–H groups in total. The first-order chi connectivity index (χ1) is 9.56. The topological polar surface area (TPSA) is 52.6 Å². The van der Waals surface area contributed by atoms with Crippen LogP contribution in [0.5, 0.6) is 5.75 Å². The Morgan fingerprint density at radius 3 is 2.45 bits per heavy atom. The minimum atomic E-state index is -0.433. The lowest BCUT2D eigenvalue weighted by atomic mass is 9.94. The Kier molecular flexibility index (Phi) is 6.50. The second-order valence-corrected chi connectivity index (χ2v) is 4.57. The molecule has 0 aliphatic heterocycles. The van der Waals surface area contributed by atoms with Crippen LogP contribution in [0.4, 0.5) is 0 Å². The first kappa shape index (κ1) is 16.0. The average Bonchev–Trinajstić information content (AvgIpc) is 2.44. The van der Waals surface area contributed by atoms with E-state index in [4.69, 9.17) is 9.47 Å². The van der Waals surface area contributed by atoms with Crippen LogP contribution in [0.1, 0.15) is 18.9 Å². The summed E-state index contributed by atoms with van der Waals surface area (Å²) in [5, 5.41) is 0. The van der Waals surface area contributed by atoms with Gasteiger partial charge in [-0.3, -0.25) is 4.79 Å². The number of methoxy groups -OCH3 is 1. The van der Waals surface area contributed by atoms with Crippen molar-refractivity contribution in [1.82, 2.24) is 0 Å². The van der Waals surface area contributed by atoms with E-state index in [0.717, 1.165) is 11.3 Å². The molecule has 0 amide bonds. The van der Waals surface area contributed by atoms with E-state index in [1.54, 1.807) is 6.08 Å². The molecule has 0 saturated heterocycles. The van der Waals surface area contributed by atoms with E-state index in [0.29, 0.717) is 13.0 Å². The van der Waals surface area contributed by atoms with Gasteiger partial charge in [-0.1, -0.05) is 24.8 Å². The zero-order valence-electron chi connectivity index (χ0n) is 11.9. The number of carbonyl (C=O) groups excluding carboxylic acids is 2. The summed E-state index contributed by atoms with van der Waals surface area (Å²) in [5.41, 5.74) is 0.965. The average molecular weight is 276 g/mol. The molecule has 1 aromatic carbocycles. The lowest BCUT2D eigenvalue weighted by Gasteiger charge is -2.13. The van der Waals surface area contributed by atoms with Gasteiger partial charge in [-0.25, -0.2) is 0 Å². The predicted molar refractivity (Wildman–Crippen MR) is 76.6 cm³/mol. The minimum absolute atomic E-state index is 0.0219. The second kappa shape index (κ2) is 8.15. The third-order valence-corrected chi connectivity index (χ3v) is 2.84. The first-order valence-corrected chi connectivity index (χ1v) is 6.46. The van der Waals surface area contributed by atoms with Crippen LogP contribution in [0.25, 0.3) is 0 Å². The van der Waals surface area contributed by atoms with Gasteiger partial charge in [0.1, 0.15) is 18.1 Å². The molecule has 0 bridgehead atoms. The van der Waals surface area contributed by atoms with Gasteiger partial charge in [-0.2, -0.15) is 0 Å². The minimum Gasteiger partial charge on any atom is -0.490 e. The maximum absolute atomic E-state index is 11.6. The van der Waals surface area contributed by atoms with E-state index in [1.807, 2.05) is 24.3 Å². The van der Waals surface area contributed by atoms with Gasteiger partial charge < -0.3 is 14.3 Å². The number of ketones is 1. The highest BCUT2D eigenvalue weighted by molar-refractivity contribution is 5.82. The van der Waals surface area contributed by atoms with Gasteiger partial charge in [0.15, 0.2) is 0 Å². The SMILES string of the molecule is C=CCOc1ccc(C[C@@H](CC(C)=O)C(=O)OC)cc1. The highest BCUT2D eigenvalue weighted by Crippen LogP contribution is 2.18. The summed E-state index contributed by atoms with van der Waals surface area (Å²) in [4.78, 5) is 22.8. The number of rotatable bonds is 8. The fraction of sp³-hybridized carbons (Fsp3) is 0.375. The number of carbonyl (C=O) groups is 2. The van der Waals surface area contributed by atoms with Gasteiger partial charge in [-0.15, -0.1) is 0 Å². The Bertz CT molecular complexity index is 462. The zero-order valence-corrected chi connectivity index (χ0v) is 11.9. The van der Waals surface area contributed by atoms with Crippen LogP contribution in [0.3, 0.4) is 0 Å². The van der Waals surface area contributed by atoms with Crippen LogP contribution in [-0.2, 0) is 20.7 Å². The number of hydrogen-bond donors (Lipinski definition) is 0. The number of hydrogen-bond acceptors (Lipinski definition) is 4. The molecule has 108 valence electrons. The summed E-state index contributed by atoms with van der Waals surface area (Å²) in [6.07, 6.45) is 2.35. The lowest BCUT2D eigenvalue weighted by Crippen LogP contribution is -2.21. The van der Waals surface area contributed by atoms with Crippen molar-refractivity contribution in [3.05, 3.63) is 42.5 Å². The van der Waals surface area contributed by atoms with Crippen molar-refractivity contribution in [2.45, 2.75) is 19.8 Å². The van der Waals surface area contributed by atoms with Gasteiger partial charge in [-0.05, 0) is 31.0 Å². The molecule has 0 aliphatic rings. The van der Waals surface area contributed by atoms with Crippen molar-refractivity contribution >= 4 is 11.8 Å². The molecule has 0 aromatic heterocycles. The summed E-state index contributed by atoms with van der Waals surface area (Å²) < 4.78 is 10.1. The van der Waals surface area contributed by atoms with Crippen molar-refractivity contribution in [1.29, 1.82) is 0 Å². The summed E-state index contributed by atoms with van der Waals surface area (Å²) in [7, 11) is 1.34. The molecule has 0 spiro atoms. The number of ether oxygens (including phenoxy) is 2. The molecule has 4 heteroatoms. The van der Waals surface area contributed by atoms with E-state index in [1.165, 1.54) is 14.0 Å². The van der Waals surface area contributed by atoms with Crippen LogP contribution < -0.4 is 4.74 Å². The summed E-state index contributed by atoms with van der Waals surface area (Å²) in [6, 6.07) is 7.44. The van der Waals surface area contributed by atoms with Crippen molar-refractivity contribution < 1.29 is 19.1 Å². The number of benzene rings is 1.